The van der Waals surface area contributed by atoms with Crippen LogP contribution in [0.3, 0.4) is 0 Å². The molecule has 3 nitrogen and oxygen atoms in total. The van der Waals surface area contributed by atoms with Gasteiger partial charge in [-0.15, -0.1) is 0 Å². The predicted molar refractivity (Wildman–Crippen MR) is 85.3 cm³/mol. The molecular weight excluding hydrogens is 307 g/mol. The highest BCUT2D eigenvalue weighted by Crippen LogP contribution is 2.32. The van der Waals surface area contributed by atoms with Gasteiger partial charge in [-0.3, -0.25) is 4.98 Å². The number of rotatable bonds is 5. The van der Waals surface area contributed by atoms with E-state index in [-0.39, 0.29) is 6.04 Å². The summed E-state index contributed by atoms with van der Waals surface area (Å²) in [7, 11) is 1.88. The van der Waals surface area contributed by atoms with Gasteiger partial charge < -0.3 is 10.1 Å². The molecular formula is C16H16Cl2N2O. The summed E-state index contributed by atoms with van der Waals surface area (Å²) in [4.78, 5) is 4.36. The number of hydrogen-bond donors (Lipinski definition) is 1. The van der Waals surface area contributed by atoms with E-state index in [1.54, 1.807) is 12.3 Å². The molecule has 1 aliphatic rings. The second kappa shape index (κ2) is 6.22. The molecule has 2 aromatic rings. The maximum Gasteiger partial charge on any atom is 0.120 e. The minimum atomic E-state index is -0.0995. The fourth-order valence-electron chi connectivity index (χ4n) is 2.24. The largest absolute Gasteiger partial charge is 0.490 e. The van der Waals surface area contributed by atoms with Gasteiger partial charge in [-0.25, -0.2) is 0 Å². The number of pyridine rings is 1. The van der Waals surface area contributed by atoms with E-state index < -0.39 is 0 Å². The number of aromatic nitrogens is 1. The summed E-state index contributed by atoms with van der Waals surface area (Å²) in [6, 6.07) is 9.64. The predicted octanol–water partition coefficient (Wildman–Crippen LogP) is 4.24. The first kappa shape index (κ1) is 14.6. The van der Waals surface area contributed by atoms with E-state index >= 15 is 0 Å². The molecule has 1 N–H and O–H groups in total. The lowest BCUT2D eigenvalue weighted by atomic mass is 10.0. The van der Waals surface area contributed by atoms with Gasteiger partial charge in [-0.05, 0) is 43.7 Å². The molecule has 110 valence electrons. The SMILES string of the molecule is CNC(c1cccc(OC2CC2)c1)c1ncc(Cl)cc1Cl. The number of nitrogens with one attached hydrogen (secondary N) is 1. The molecule has 0 saturated heterocycles. The van der Waals surface area contributed by atoms with Crippen LogP contribution in [-0.2, 0) is 0 Å². The summed E-state index contributed by atoms with van der Waals surface area (Å²) in [6.45, 7) is 0. The average molecular weight is 323 g/mol. The average Bonchev–Trinajstić information content (AvgIpc) is 3.26. The van der Waals surface area contributed by atoms with Crippen LogP contribution in [0.25, 0.3) is 0 Å². The normalized spacial score (nSPS) is 15.8. The third-order valence-corrected chi connectivity index (χ3v) is 3.93. The van der Waals surface area contributed by atoms with Crippen molar-refractivity contribution in [2.75, 3.05) is 7.05 Å². The van der Waals surface area contributed by atoms with Crippen LogP contribution in [0.5, 0.6) is 5.75 Å². The summed E-state index contributed by atoms with van der Waals surface area (Å²) < 4.78 is 5.84. The van der Waals surface area contributed by atoms with Gasteiger partial charge in [0.1, 0.15) is 5.75 Å². The molecule has 1 aliphatic carbocycles. The second-order valence-electron chi connectivity index (χ2n) is 5.13. The molecule has 1 aromatic heterocycles. The Kier molecular flexibility index (Phi) is 4.34. The van der Waals surface area contributed by atoms with Crippen molar-refractivity contribution in [3.8, 4) is 5.75 Å². The Morgan fingerprint density at radius 1 is 1.29 bits per heavy atom. The van der Waals surface area contributed by atoms with Gasteiger partial charge >= 0.3 is 0 Å². The summed E-state index contributed by atoms with van der Waals surface area (Å²) in [6.07, 6.45) is 4.28. The Hall–Kier alpha value is -1.29. The molecule has 0 aliphatic heterocycles. The van der Waals surface area contributed by atoms with Crippen molar-refractivity contribution in [1.82, 2.24) is 10.3 Å². The van der Waals surface area contributed by atoms with E-state index in [0.29, 0.717) is 16.1 Å². The Bertz CT molecular complexity index is 644. The smallest absolute Gasteiger partial charge is 0.120 e. The quantitative estimate of drug-likeness (QED) is 0.894. The molecule has 0 bridgehead atoms. The molecule has 1 saturated carbocycles. The molecule has 5 heteroatoms. The first-order chi connectivity index (χ1) is 10.2. The van der Waals surface area contributed by atoms with Crippen molar-refractivity contribution in [2.24, 2.45) is 0 Å². The first-order valence-electron chi connectivity index (χ1n) is 6.92. The lowest BCUT2D eigenvalue weighted by Gasteiger charge is -2.18. The second-order valence-corrected chi connectivity index (χ2v) is 5.98. The lowest BCUT2D eigenvalue weighted by molar-refractivity contribution is 0.302. The lowest BCUT2D eigenvalue weighted by Crippen LogP contribution is -2.19. The highest BCUT2D eigenvalue weighted by Gasteiger charge is 2.24. The van der Waals surface area contributed by atoms with Crippen LogP contribution >= 0.6 is 23.2 Å². The molecule has 1 unspecified atom stereocenters. The molecule has 0 spiro atoms. The third-order valence-electron chi connectivity index (χ3n) is 3.42. The standard InChI is InChI=1S/C16H16Cl2N2O/c1-19-15(16-14(18)8-11(17)9-20-16)10-3-2-4-13(7-10)21-12-5-6-12/h2-4,7-9,12,15,19H,5-6H2,1H3. The fourth-order valence-corrected chi connectivity index (χ4v) is 2.73. The maximum absolute atomic E-state index is 6.27. The number of nitrogens with zero attached hydrogens (tertiary/aromatic N) is 1. The Balaban J connectivity index is 1.91. The van der Waals surface area contributed by atoms with E-state index in [2.05, 4.69) is 10.3 Å². The summed E-state index contributed by atoms with van der Waals surface area (Å²) in [5.41, 5.74) is 1.82. The zero-order valence-corrected chi connectivity index (χ0v) is 13.2. The molecule has 1 atom stereocenters. The van der Waals surface area contributed by atoms with Gasteiger partial charge in [0.15, 0.2) is 0 Å². The van der Waals surface area contributed by atoms with Crippen molar-refractivity contribution < 1.29 is 4.74 Å². The maximum atomic E-state index is 6.27. The van der Waals surface area contributed by atoms with Gasteiger partial charge in [0.25, 0.3) is 0 Å². The van der Waals surface area contributed by atoms with Gasteiger partial charge in [-0.2, -0.15) is 0 Å². The zero-order valence-electron chi connectivity index (χ0n) is 11.6. The molecule has 0 amide bonds. The highest BCUT2D eigenvalue weighted by atomic mass is 35.5. The Morgan fingerprint density at radius 3 is 2.76 bits per heavy atom. The summed E-state index contributed by atoms with van der Waals surface area (Å²) in [5.74, 6) is 0.889. The molecule has 1 aromatic carbocycles. The highest BCUT2D eigenvalue weighted by molar-refractivity contribution is 6.34. The van der Waals surface area contributed by atoms with Crippen LogP contribution in [0.4, 0.5) is 0 Å². The molecule has 1 fully saturated rings. The van der Waals surface area contributed by atoms with Crippen LogP contribution in [0.15, 0.2) is 36.5 Å². The van der Waals surface area contributed by atoms with Gasteiger partial charge in [0.05, 0.1) is 27.9 Å². The third kappa shape index (κ3) is 3.49. The number of halogens is 2. The topological polar surface area (TPSA) is 34.1 Å². The first-order valence-corrected chi connectivity index (χ1v) is 7.68. The zero-order chi connectivity index (χ0) is 14.8. The van der Waals surface area contributed by atoms with Crippen molar-refractivity contribution in [3.63, 3.8) is 0 Å². The molecule has 1 heterocycles. The molecule has 3 rings (SSSR count). The number of hydrogen-bond acceptors (Lipinski definition) is 3. The fraction of sp³-hybridized carbons (Fsp3) is 0.312. The van der Waals surface area contributed by atoms with Crippen molar-refractivity contribution in [3.05, 3.63) is 57.8 Å². The minimum absolute atomic E-state index is 0.0995. The molecule has 21 heavy (non-hydrogen) atoms. The summed E-state index contributed by atoms with van der Waals surface area (Å²) in [5, 5.41) is 4.33. The summed E-state index contributed by atoms with van der Waals surface area (Å²) >= 11 is 12.2. The van der Waals surface area contributed by atoms with Crippen molar-refractivity contribution in [1.29, 1.82) is 0 Å². The molecule has 0 radical (unpaired) electrons. The van der Waals surface area contributed by atoms with E-state index in [4.69, 9.17) is 27.9 Å². The van der Waals surface area contributed by atoms with E-state index in [1.165, 1.54) is 0 Å². The van der Waals surface area contributed by atoms with Crippen LogP contribution in [0, 0.1) is 0 Å². The van der Waals surface area contributed by atoms with E-state index in [0.717, 1.165) is 29.8 Å². The minimum Gasteiger partial charge on any atom is -0.490 e. The van der Waals surface area contributed by atoms with Crippen LogP contribution in [0.1, 0.15) is 30.1 Å². The number of ether oxygens (including phenoxy) is 1. The monoisotopic (exact) mass is 322 g/mol. The van der Waals surface area contributed by atoms with Gasteiger partial charge in [-0.1, -0.05) is 35.3 Å². The van der Waals surface area contributed by atoms with Crippen LogP contribution in [-0.4, -0.2) is 18.1 Å². The number of benzene rings is 1. The van der Waals surface area contributed by atoms with E-state index in [1.807, 2.05) is 31.3 Å². The van der Waals surface area contributed by atoms with E-state index in [9.17, 15) is 0 Å². The Labute approximate surface area is 134 Å². The van der Waals surface area contributed by atoms with Crippen LogP contribution < -0.4 is 10.1 Å². The van der Waals surface area contributed by atoms with Crippen molar-refractivity contribution >= 4 is 23.2 Å². The van der Waals surface area contributed by atoms with Crippen molar-refractivity contribution in [2.45, 2.75) is 25.0 Å². The van der Waals surface area contributed by atoms with Gasteiger partial charge in [0.2, 0.25) is 0 Å². The van der Waals surface area contributed by atoms with Gasteiger partial charge in [0, 0.05) is 6.20 Å². The Morgan fingerprint density at radius 2 is 2.10 bits per heavy atom. The van der Waals surface area contributed by atoms with Crippen LogP contribution in [0.2, 0.25) is 10.0 Å².